The van der Waals surface area contributed by atoms with Crippen molar-refractivity contribution in [2.24, 2.45) is 0 Å². The third-order valence-electron chi connectivity index (χ3n) is 4.28. The van der Waals surface area contributed by atoms with E-state index in [1.54, 1.807) is 0 Å². The number of rotatable bonds is 6. The molecule has 23 heavy (non-hydrogen) atoms. The largest absolute Gasteiger partial charge is 0.486 e. The molecule has 6 nitrogen and oxygen atoms in total. The van der Waals surface area contributed by atoms with Gasteiger partial charge in [-0.05, 0) is 25.5 Å². The zero-order valence-electron chi connectivity index (χ0n) is 13.2. The van der Waals surface area contributed by atoms with Gasteiger partial charge in [-0.1, -0.05) is 18.2 Å². The van der Waals surface area contributed by atoms with E-state index in [4.69, 9.17) is 9.47 Å². The Balaban J connectivity index is 1.59. The van der Waals surface area contributed by atoms with Gasteiger partial charge in [0.05, 0.1) is 12.1 Å². The van der Waals surface area contributed by atoms with Gasteiger partial charge in [-0.25, -0.2) is 0 Å². The maximum absolute atomic E-state index is 12.2. The molecule has 0 spiro atoms. The highest BCUT2D eigenvalue weighted by molar-refractivity contribution is 5.91. The van der Waals surface area contributed by atoms with Crippen LogP contribution in [0.1, 0.15) is 26.2 Å². The van der Waals surface area contributed by atoms with Gasteiger partial charge < -0.3 is 20.1 Å². The molecule has 0 aromatic heterocycles. The van der Waals surface area contributed by atoms with Gasteiger partial charge in [0.15, 0.2) is 0 Å². The minimum absolute atomic E-state index is 0.0244. The summed E-state index contributed by atoms with van der Waals surface area (Å²) in [6, 6.07) is 8.99. The first-order valence-corrected chi connectivity index (χ1v) is 8.10. The maximum Gasteiger partial charge on any atom is 0.242 e. The zero-order chi connectivity index (χ0) is 16.2. The number of nitrogens with one attached hydrogen (secondary N) is 2. The average molecular weight is 318 g/mol. The number of carbonyl (C=O) groups is 2. The quantitative estimate of drug-likeness (QED) is 0.820. The van der Waals surface area contributed by atoms with Gasteiger partial charge in [0.25, 0.3) is 0 Å². The van der Waals surface area contributed by atoms with E-state index in [2.05, 4.69) is 10.6 Å². The van der Waals surface area contributed by atoms with Crippen molar-refractivity contribution in [3.8, 4) is 5.75 Å². The molecule has 1 aromatic rings. The highest BCUT2D eigenvalue weighted by Gasteiger charge is 2.45. The number of amides is 2. The fourth-order valence-corrected chi connectivity index (χ4v) is 3.01. The van der Waals surface area contributed by atoms with E-state index in [1.807, 2.05) is 37.3 Å². The predicted octanol–water partition coefficient (Wildman–Crippen LogP) is 1.01. The van der Waals surface area contributed by atoms with Gasteiger partial charge in [0, 0.05) is 19.4 Å². The molecule has 3 rings (SSSR count). The van der Waals surface area contributed by atoms with Crippen LogP contribution in [0.3, 0.4) is 0 Å². The lowest BCUT2D eigenvalue weighted by Gasteiger charge is -2.44. The van der Waals surface area contributed by atoms with Crippen LogP contribution in [-0.2, 0) is 14.3 Å². The molecule has 1 heterocycles. The molecular weight excluding hydrogens is 296 g/mol. The fourth-order valence-electron chi connectivity index (χ4n) is 3.01. The van der Waals surface area contributed by atoms with E-state index in [0.717, 1.165) is 12.2 Å². The predicted molar refractivity (Wildman–Crippen MR) is 84.0 cm³/mol. The minimum atomic E-state index is -0.425. The van der Waals surface area contributed by atoms with Crippen molar-refractivity contribution in [1.29, 1.82) is 0 Å². The molecule has 0 unspecified atom stereocenters. The lowest BCUT2D eigenvalue weighted by Crippen LogP contribution is -2.64. The first-order valence-electron chi connectivity index (χ1n) is 8.10. The summed E-state index contributed by atoms with van der Waals surface area (Å²) in [4.78, 5) is 23.5. The molecule has 2 fully saturated rings. The Morgan fingerprint density at radius 2 is 2.13 bits per heavy atom. The minimum Gasteiger partial charge on any atom is -0.486 e. The van der Waals surface area contributed by atoms with Crippen molar-refractivity contribution >= 4 is 11.8 Å². The van der Waals surface area contributed by atoms with Crippen LogP contribution in [0.5, 0.6) is 5.75 Å². The van der Waals surface area contributed by atoms with Gasteiger partial charge in [0.2, 0.25) is 11.8 Å². The van der Waals surface area contributed by atoms with E-state index in [-0.39, 0.29) is 30.1 Å². The van der Waals surface area contributed by atoms with Crippen molar-refractivity contribution in [3.05, 3.63) is 30.3 Å². The number of para-hydroxylation sites is 1. The van der Waals surface area contributed by atoms with Crippen LogP contribution in [0.15, 0.2) is 30.3 Å². The first kappa shape index (κ1) is 15.8. The highest BCUT2D eigenvalue weighted by Crippen LogP contribution is 2.29. The summed E-state index contributed by atoms with van der Waals surface area (Å²) in [6.07, 6.45) is 1.45. The Kier molecular flexibility index (Phi) is 4.81. The molecule has 6 heteroatoms. The summed E-state index contributed by atoms with van der Waals surface area (Å²) in [7, 11) is 0. The van der Waals surface area contributed by atoms with Crippen LogP contribution >= 0.6 is 0 Å². The van der Waals surface area contributed by atoms with Crippen LogP contribution in [0.25, 0.3) is 0 Å². The van der Waals surface area contributed by atoms with Crippen LogP contribution in [0, 0.1) is 0 Å². The molecule has 4 atom stereocenters. The molecule has 1 saturated heterocycles. The smallest absolute Gasteiger partial charge is 0.242 e. The molecule has 1 aliphatic carbocycles. The van der Waals surface area contributed by atoms with Crippen molar-refractivity contribution < 1.29 is 19.1 Å². The van der Waals surface area contributed by atoms with Gasteiger partial charge in [0.1, 0.15) is 17.9 Å². The summed E-state index contributed by atoms with van der Waals surface area (Å²) in [5, 5.41) is 5.66. The van der Waals surface area contributed by atoms with E-state index >= 15 is 0 Å². The highest BCUT2D eigenvalue weighted by atomic mass is 16.5. The molecule has 0 radical (unpaired) electrons. The van der Waals surface area contributed by atoms with Crippen LogP contribution in [0.2, 0.25) is 0 Å². The van der Waals surface area contributed by atoms with Gasteiger partial charge in [-0.3, -0.25) is 9.59 Å². The second-order valence-corrected chi connectivity index (χ2v) is 5.90. The van der Waals surface area contributed by atoms with Crippen molar-refractivity contribution in [1.82, 2.24) is 10.6 Å². The average Bonchev–Trinajstić information content (AvgIpc) is 2.99. The number of benzene rings is 1. The van der Waals surface area contributed by atoms with Crippen LogP contribution < -0.4 is 15.4 Å². The molecule has 1 aromatic carbocycles. The second kappa shape index (κ2) is 7.00. The molecular formula is C17H22N2O4. The van der Waals surface area contributed by atoms with Crippen molar-refractivity contribution in [2.75, 3.05) is 6.61 Å². The lowest BCUT2D eigenvalue weighted by atomic mass is 9.84. The van der Waals surface area contributed by atoms with E-state index in [1.165, 1.54) is 0 Å². The Bertz CT molecular complexity index is 563. The Labute approximate surface area is 135 Å². The van der Waals surface area contributed by atoms with Crippen molar-refractivity contribution in [3.63, 3.8) is 0 Å². The molecule has 2 amide bonds. The molecule has 124 valence electrons. The van der Waals surface area contributed by atoms with E-state index in [0.29, 0.717) is 19.4 Å². The lowest BCUT2D eigenvalue weighted by molar-refractivity contribution is -0.134. The molecule has 1 saturated carbocycles. The second-order valence-electron chi connectivity index (χ2n) is 5.90. The van der Waals surface area contributed by atoms with E-state index < -0.39 is 6.04 Å². The Morgan fingerprint density at radius 3 is 2.78 bits per heavy atom. The maximum atomic E-state index is 12.2. The summed E-state index contributed by atoms with van der Waals surface area (Å²) in [6.45, 7) is 2.55. The summed E-state index contributed by atoms with van der Waals surface area (Å²) >= 11 is 0. The number of hydrogen-bond acceptors (Lipinski definition) is 4. The number of carbonyl (C=O) groups excluding carboxylic acids is 2. The van der Waals surface area contributed by atoms with Gasteiger partial charge in [-0.15, -0.1) is 0 Å². The van der Waals surface area contributed by atoms with Gasteiger partial charge in [-0.2, -0.15) is 0 Å². The zero-order valence-corrected chi connectivity index (χ0v) is 13.2. The fraction of sp³-hybridized carbons (Fsp3) is 0.529. The third-order valence-corrected chi connectivity index (χ3v) is 4.28. The SMILES string of the molecule is CCO[C@@H]1C[C@@H](NC(=O)[C@H]2CCC(=O)N2)[C@@H]1Oc1ccccc1. The number of ether oxygens (including phenoxy) is 2. The molecule has 2 N–H and O–H groups in total. The summed E-state index contributed by atoms with van der Waals surface area (Å²) in [5.74, 6) is 0.552. The van der Waals surface area contributed by atoms with E-state index in [9.17, 15) is 9.59 Å². The summed E-state index contributed by atoms with van der Waals surface area (Å²) in [5.41, 5.74) is 0. The normalized spacial score (nSPS) is 29.5. The van der Waals surface area contributed by atoms with Gasteiger partial charge >= 0.3 is 0 Å². The van der Waals surface area contributed by atoms with Crippen molar-refractivity contribution in [2.45, 2.75) is 50.5 Å². The van der Waals surface area contributed by atoms with Crippen LogP contribution in [0.4, 0.5) is 0 Å². The molecule has 0 bridgehead atoms. The monoisotopic (exact) mass is 318 g/mol. The Hall–Kier alpha value is -2.08. The van der Waals surface area contributed by atoms with Crippen LogP contribution in [-0.4, -0.2) is 42.7 Å². The molecule has 1 aliphatic heterocycles. The summed E-state index contributed by atoms with van der Waals surface area (Å²) < 4.78 is 11.7. The molecule has 2 aliphatic rings. The third kappa shape index (κ3) is 3.64. The Morgan fingerprint density at radius 1 is 1.35 bits per heavy atom. The number of hydrogen-bond donors (Lipinski definition) is 2. The first-order chi connectivity index (χ1) is 11.2. The standard InChI is InChI=1S/C17H22N2O4/c1-2-22-14-10-13(16(14)23-11-6-4-3-5-7-11)19-17(21)12-8-9-15(20)18-12/h3-7,12-14,16H,2,8-10H2,1H3,(H,18,20)(H,19,21)/t12-,13-,14-,16+/m1/s1. The topological polar surface area (TPSA) is 76.7 Å².